The Morgan fingerprint density at radius 1 is 1.23 bits per heavy atom. The summed E-state index contributed by atoms with van der Waals surface area (Å²) in [5.74, 6) is -2.68. The fourth-order valence-corrected chi connectivity index (χ4v) is 1.90. The SMILES string of the molecule is CC[C@@H](C)NC(=O)C(=O)Nc1c(C(N)=O)oc2ccccc12. The summed E-state index contributed by atoms with van der Waals surface area (Å²) >= 11 is 0. The van der Waals surface area contributed by atoms with Crippen LogP contribution in [0.4, 0.5) is 5.69 Å². The molecule has 0 saturated carbocycles. The molecular formula is C15H17N3O4. The summed E-state index contributed by atoms with van der Waals surface area (Å²) in [5, 5.41) is 5.44. The van der Waals surface area contributed by atoms with Crippen molar-refractivity contribution in [1.82, 2.24) is 5.32 Å². The second-order valence-electron chi connectivity index (χ2n) is 4.90. The van der Waals surface area contributed by atoms with Gasteiger partial charge in [0.15, 0.2) is 0 Å². The number of carbonyl (C=O) groups is 3. The molecule has 22 heavy (non-hydrogen) atoms. The molecule has 1 heterocycles. The summed E-state index contributed by atoms with van der Waals surface area (Å²) in [5.41, 5.74) is 5.75. The standard InChI is InChI=1S/C15H17N3O4/c1-3-8(2)17-14(20)15(21)18-11-9-6-4-5-7-10(9)22-12(11)13(16)19/h4-8H,3H2,1-2H3,(H2,16,19)(H,17,20)(H,18,21)/t8-/m1/s1. The molecule has 0 saturated heterocycles. The minimum absolute atomic E-state index is 0.104. The highest BCUT2D eigenvalue weighted by atomic mass is 16.3. The number of hydrogen-bond acceptors (Lipinski definition) is 4. The Hall–Kier alpha value is -2.83. The number of nitrogens with two attached hydrogens (primary N) is 1. The molecule has 7 heteroatoms. The van der Waals surface area contributed by atoms with Crippen molar-refractivity contribution < 1.29 is 18.8 Å². The summed E-state index contributed by atoms with van der Waals surface area (Å²) in [6.45, 7) is 3.67. The van der Waals surface area contributed by atoms with E-state index in [1.54, 1.807) is 31.2 Å². The number of fused-ring (bicyclic) bond motifs is 1. The smallest absolute Gasteiger partial charge is 0.313 e. The Morgan fingerprint density at radius 2 is 1.91 bits per heavy atom. The van der Waals surface area contributed by atoms with Gasteiger partial charge in [-0.05, 0) is 25.5 Å². The topological polar surface area (TPSA) is 114 Å². The fourth-order valence-electron chi connectivity index (χ4n) is 1.90. The first-order valence-corrected chi connectivity index (χ1v) is 6.87. The van der Waals surface area contributed by atoms with Gasteiger partial charge in [-0.25, -0.2) is 0 Å². The quantitative estimate of drug-likeness (QED) is 0.740. The summed E-state index contributed by atoms with van der Waals surface area (Å²) in [4.78, 5) is 35.2. The molecule has 0 aliphatic heterocycles. The summed E-state index contributed by atoms with van der Waals surface area (Å²) < 4.78 is 5.32. The molecule has 0 aliphatic rings. The Bertz CT molecular complexity index is 735. The van der Waals surface area contributed by atoms with Crippen molar-refractivity contribution in [2.45, 2.75) is 26.3 Å². The third-order valence-corrected chi connectivity index (χ3v) is 3.25. The van der Waals surface area contributed by atoms with Crippen LogP contribution >= 0.6 is 0 Å². The van der Waals surface area contributed by atoms with Crippen molar-refractivity contribution in [2.24, 2.45) is 5.73 Å². The Kier molecular flexibility index (Phi) is 4.45. The summed E-state index contributed by atoms with van der Waals surface area (Å²) in [6.07, 6.45) is 0.695. The molecule has 3 amide bonds. The highest BCUT2D eigenvalue weighted by Gasteiger charge is 2.23. The van der Waals surface area contributed by atoms with Gasteiger partial charge in [-0.2, -0.15) is 0 Å². The Labute approximate surface area is 126 Å². The Morgan fingerprint density at radius 3 is 2.55 bits per heavy atom. The van der Waals surface area contributed by atoms with E-state index in [-0.39, 0.29) is 17.5 Å². The number of benzene rings is 1. The molecule has 0 bridgehead atoms. The van der Waals surface area contributed by atoms with Crippen molar-refractivity contribution in [3.63, 3.8) is 0 Å². The van der Waals surface area contributed by atoms with E-state index >= 15 is 0 Å². The fraction of sp³-hybridized carbons (Fsp3) is 0.267. The molecule has 4 N–H and O–H groups in total. The van der Waals surface area contributed by atoms with Gasteiger partial charge >= 0.3 is 11.8 Å². The monoisotopic (exact) mass is 303 g/mol. The highest BCUT2D eigenvalue weighted by Crippen LogP contribution is 2.30. The van der Waals surface area contributed by atoms with Crippen molar-refractivity contribution in [2.75, 3.05) is 5.32 Å². The average Bonchev–Trinajstić information content (AvgIpc) is 2.86. The van der Waals surface area contributed by atoms with Gasteiger partial charge in [0.1, 0.15) is 11.3 Å². The van der Waals surface area contributed by atoms with Crippen LogP contribution in [0.2, 0.25) is 0 Å². The molecule has 0 fully saturated rings. The van der Waals surface area contributed by atoms with Gasteiger partial charge < -0.3 is 20.8 Å². The molecule has 7 nitrogen and oxygen atoms in total. The molecule has 0 spiro atoms. The minimum atomic E-state index is -0.880. The Balaban J connectivity index is 2.30. The van der Waals surface area contributed by atoms with E-state index in [9.17, 15) is 14.4 Å². The van der Waals surface area contributed by atoms with Crippen molar-refractivity contribution in [3.05, 3.63) is 30.0 Å². The van der Waals surface area contributed by atoms with Crippen LogP contribution in [0.3, 0.4) is 0 Å². The number of carbonyl (C=O) groups excluding carboxylic acids is 3. The third-order valence-electron chi connectivity index (χ3n) is 3.25. The molecule has 1 atom stereocenters. The van der Waals surface area contributed by atoms with Gasteiger partial charge in [0.2, 0.25) is 5.76 Å². The maximum atomic E-state index is 12.0. The molecule has 0 aliphatic carbocycles. The van der Waals surface area contributed by atoms with Gasteiger partial charge in [-0.15, -0.1) is 0 Å². The van der Waals surface area contributed by atoms with E-state index < -0.39 is 17.7 Å². The van der Waals surface area contributed by atoms with E-state index in [0.717, 1.165) is 0 Å². The number of furan rings is 1. The number of nitrogens with one attached hydrogen (secondary N) is 2. The zero-order chi connectivity index (χ0) is 16.3. The highest BCUT2D eigenvalue weighted by molar-refractivity contribution is 6.40. The van der Waals surface area contributed by atoms with E-state index in [4.69, 9.17) is 10.2 Å². The summed E-state index contributed by atoms with van der Waals surface area (Å²) in [7, 11) is 0. The first-order valence-electron chi connectivity index (χ1n) is 6.87. The second-order valence-corrected chi connectivity index (χ2v) is 4.90. The zero-order valence-corrected chi connectivity index (χ0v) is 12.3. The van der Waals surface area contributed by atoms with E-state index in [2.05, 4.69) is 10.6 Å². The molecule has 2 aromatic rings. The maximum Gasteiger partial charge on any atom is 0.313 e. The molecular weight excluding hydrogens is 286 g/mol. The van der Waals surface area contributed by atoms with Crippen LogP contribution in [-0.2, 0) is 9.59 Å². The minimum Gasteiger partial charge on any atom is -0.449 e. The number of anilines is 1. The van der Waals surface area contributed by atoms with Crippen molar-refractivity contribution in [3.8, 4) is 0 Å². The predicted molar refractivity (Wildman–Crippen MR) is 81.3 cm³/mol. The van der Waals surface area contributed by atoms with Crippen LogP contribution in [0.15, 0.2) is 28.7 Å². The first kappa shape index (κ1) is 15.6. The molecule has 1 aromatic carbocycles. The van der Waals surface area contributed by atoms with Crippen LogP contribution in [0, 0.1) is 0 Å². The van der Waals surface area contributed by atoms with Crippen molar-refractivity contribution in [1.29, 1.82) is 0 Å². The third kappa shape index (κ3) is 3.08. The number of amides is 3. The lowest BCUT2D eigenvalue weighted by atomic mass is 10.2. The molecule has 2 rings (SSSR count). The second kappa shape index (κ2) is 6.30. The van der Waals surface area contributed by atoms with Crippen LogP contribution in [0.5, 0.6) is 0 Å². The largest absolute Gasteiger partial charge is 0.449 e. The number of primary amides is 1. The van der Waals surface area contributed by atoms with Gasteiger partial charge in [0.25, 0.3) is 5.91 Å². The zero-order valence-electron chi connectivity index (χ0n) is 12.3. The van der Waals surface area contributed by atoms with E-state index in [1.807, 2.05) is 6.92 Å². The van der Waals surface area contributed by atoms with E-state index in [1.165, 1.54) is 0 Å². The van der Waals surface area contributed by atoms with Gasteiger partial charge in [-0.3, -0.25) is 14.4 Å². The van der Waals surface area contributed by atoms with Gasteiger partial charge in [0, 0.05) is 11.4 Å². The number of para-hydroxylation sites is 1. The van der Waals surface area contributed by atoms with Gasteiger partial charge in [0.05, 0.1) is 0 Å². The molecule has 0 unspecified atom stereocenters. The number of hydrogen-bond donors (Lipinski definition) is 3. The molecule has 1 aromatic heterocycles. The lowest BCUT2D eigenvalue weighted by Gasteiger charge is -2.11. The van der Waals surface area contributed by atoms with E-state index in [0.29, 0.717) is 17.4 Å². The van der Waals surface area contributed by atoms with Crippen molar-refractivity contribution >= 4 is 34.4 Å². The van der Waals surface area contributed by atoms with Gasteiger partial charge in [-0.1, -0.05) is 19.1 Å². The lowest BCUT2D eigenvalue weighted by molar-refractivity contribution is -0.136. The van der Waals surface area contributed by atoms with Crippen LogP contribution in [0.25, 0.3) is 11.0 Å². The molecule has 116 valence electrons. The van der Waals surface area contributed by atoms with Crippen LogP contribution < -0.4 is 16.4 Å². The number of rotatable bonds is 4. The normalized spacial score (nSPS) is 11.9. The van der Waals surface area contributed by atoms with Crippen LogP contribution in [-0.4, -0.2) is 23.8 Å². The average molecular weight is 303 g/mol. The molecule has 0 radical (unpaired) electrons. The lowest BCUT2D eigenvalue weighted by Crippen LogP contribution is -2.40. The van der Waals surface area contributed by atoms with Crippen LogP contribution in [0.1, 0.15) is 30.8 Å². The maximum absolute atomic E-state index is 12.0. The first-order chi connectivity index (χ1) is 10.4. The predicted octanol–water partition coefficient (Wildman–Crippen LogP) is 1.38. The summed E-state index contributed by atoms with van der Waals surface area (Å²) in [6, 6.07) is 6.61.